The first-order valence-electron chi connectivity index (χ1n) is 17.3. The van der Waals surface area contributed by atoms with E-state index < -0.39 is 15.8 Å². The van der Waals surface area contributed by atoms with Crippen molar-refractivity contribution in [2.75, 3.05) is 0 Å². The van der Waals surface area contributed by atoms with Crippen LogP contribution in [0.25, 0.3) is 0 Å². The maximum Gasteiger partial charge on any atom is 0.117 e. The zero-order valence-corrected chi connectivity index (χ0v) is 33.8. The van der Waals surface area contributed by atoms with Crippen LogP contribution in [-0.2, 0) is 27.3 Å². The van der Waals surface area contributed by atoms with Crippen LogP contribution in [0.5, 0.6) is 0 Å². The van der Waals surface area contributed by atoms with Crippen LogP contribution < -0.4 is 37.1 Å². The molecule has 0 aromatic heterocycles. The van der Waals surface area contributed by atoms with Crippen molar-refractivity contribution in [1.29, 1.82) is 0 Å². The molecule has 6 rings (SSSR count). The zero-order valence-electron chi connectivity index (χ0n) is 30.1. The topological polar surface area (TPSA) is 17.1 Å². The van der Waals surface area contributed by atoms with Gasteiger partial charge in [-0.25, -0.2) is 28.0 Å². The van der Waals surface area contributed by atoms with Crippen LogP contribution in [0, 0.1) is 0 Å². The van der Waals surface area contributed by atoms with E-state index in [9.17, 15) is 4.79 Å². The van der Waals surface area contributed by atoms with E-state index >= 15 is 0 Å². The molecule has 0 saturated heterocycles. The molecule has 0 aliphatic carbocycles. The number of benzene rings is 4. The van der Waals surface area contributed by atoms with Crippen molar-refractivity contribution in [3.05, 3.63) is 163 Å². The van der Waals surface area contributed by atoms with E-state index in [4.69, 9.17) is 0 Å². The predicted molar refractivity (Wildman–Crippen MR) is 222 cm³/mol. The molecular formula is C45H49FeOP3-6. The van der Waals surface area contributed by atoms with Crippen molar-refractivity contribution >= 4 is 67.2 Å². The van der Waals surface area contributed by atoms with Crippen molar-refractivity contribution in [2.45, 2.75) is 64.7 Å². The number of carbonyl (C=O) groups is 1. The van der Waals surface area contributed by atoms with Crippen LogP contribution in [0.3, 0.4) is 0 Å². The smallest absolute Gasteiger partial charge is 0.117 e. The normalized spacial score (nSPS) is 11.5. The Morgan fingerprint density at radius 1 is 0.580 bits per heavy atom. The van der Waals surface area contributed by atoms with Gasteiger partial charge in [-0.15, -0.1) is 13.2 Å². The molecule has 0 fully saturated rings. The van der Waals surface area contributed by atoms with Gasteiger partial charge in [0.05, 0.1) is 0 Å². The van der Waals surface area contributed by atoms with Gasteiger partial charge in [-0.3, -0.25) is 0 Å². The number of carbonyl (C=O) groups excluding carboxylic acids is 1. The number of hydrogen-bond donors (Lipinski definition) is 0. The zero-order chi connectivity index (χ0) is 34.8. The molecule has 50 heavy (non-hydrogen) atoms. The van der Waals surface area contributed by atoms with Gasteiger partial charge in [0.2, 0.25) is 0 Å². The molecular weight excluding hydrogens is 705 g/mol. The second-order valence-electron chi connectivity index (χ2n) is 13.5. The van der Waals surface area contributed by atoms with Crippen molar-refractivity contribution in [3.63, 3.8) is 0 Å². The van der Waals surface area contributed by atoms with E-state index in [1.165, 1.54) is 37.4 Å². The Morgan fingerprint density at radius 2 is 0.900 bits per heavy atom. The van der Waals surface area contributed by atoms with Gasteiger partial charge < -0.3 is 33.1 Å². The Kier molecular flexibility index (Phi) is 15.2. The number of hydrogen-bond acceptors (Lipinski definition) is 1. The Morgan fingerprint density at radius 3 is 1.18 bits per heavy atom. The summed E-state index contributed by atoms with van der Waals surface area (Å²) in [4.78, 5) is 11.6. The maximum atomic E-state index is 11.6. The third-order valence-electron chi connectivity index (χ3n) is 8.82. The van der Waals surface area contributed by atoms with Crippen LogP contribution in [0.2, 0.25) is 0 Å². The summed E-state index contributed by atoms with van der Waals surface area (Å²) in [5.74, 6) is 0. The van der Waals surface area contributed by atoms with Crippen LogP contribution in [-0.4, -0.2) is 17.6 Å². The molecule has 6 aromatic rings. The first-order chi connectivity index (χ1) is 23.7. The molecule has 1 nitrogen and oxygen atoms in total. The van der Waals surface area contributed by atoms with E-state index in [0.717, 1.165) is 17.6 Å². The fraction of sp³-hybridized carbons (Fsp3) is 0.222. The van der Waals surface area contributed by atoms with Crippen LogP contribution in [0.15, 0.2) is 158 Å². The number of rotatable bonds is 12. The van der Waals surface area contributed by atoms with Gasteiger partial charge in [-0.2, -0.15) is 17.5 Å². The Labute approximate surface area is 315 Å². The fourth-order valence-electron chi connectivity index (χ4n) is 6.45. The monoisotopic (exact) mass is 754 g/mol. The van der Waals surface area contributed by atoms with E-state index in [0.29, 0.717) is 6.42 Å². The molecule has 0 aliphatic heterocycles. The van der Waals surface area contributed by atoms with Gasteiger partial charge in [0, 0.05) is 17.1 Å². The van der Waals surface area contributed by atoms with Crippen LogP contribution >= 0.6 is 23.8 Å². The van der Waals surface area contributed by atoms with Gasteiger partial charge >= 0.3 is 0 Å². The Bertz CT molecular complexity index is 1640. The van der Waals surface area contributed by atoms with Crippen LogP contribution in [0.1, 0.15) is 53.5 Å². The molecule has 0 unspecified atom stereocenters. The molecule has 0 aliphatic rings. The Balaban J connectivity index is 0.000000368. The molecule has 0 amide bonds. The molecule has 0 radical (unpaired) electrons. The quantitative estimate of drug-likeness (QED) is 0.0528. The minimum Gasteiger partial charge on any atom is -0.738 e. The van der Waals surface area contributed by atoms with Gasteiger partial charge in [0.15, 0.2) is 0 Å². The molecule has 6 aromatic carbocycles. The molecule has 5 heteroatoms. The van der Waals surface area contributed by atoms with Gasteiger partial charge in [-0.05, 0) is 17.7 Å². The molecule has 0 saturated carbocycles. The average molecular weight is 755 g/mol. The summed E-state index contributed by atoms with van der Waals surface area (Å²) in [7, 11) is -1.51. The maximum absolute atomic E-state index is 11.6. The van der Waals surface area contributed by atoms with Crippen molar-refractivity contribution in [3.8, 4) is 0 Å². The summed E-state index contributed by atoms with van der Waals surface area (Å²) < 4.78 is 0. The first-order valence-corrected chi connectivity index (χ1v) is 21.4. The SMILES string of the molecule is CC(C)(CC=O)[c-]1[cH-][c-](P(c2ccccc2)c2ccccc2)[c-](P(c2ccccc2)c2ccccc2)[cH-]1.CC(C)P([c-]1cccc1)C(C)C.[Fe]. The molecule has 0 N–H and O–H groups in total. The summed E-state index contributed by atoms with van der Waals surface area (Å²) in [6.45, 7) is 13.7. The second-order valence-corrected chi connectivity index (χ2v) is 21.3. The summed E-state index contributed by atoms with van der Waals surface area (Å²) in [6, 6.07) is 57.3. The molecule has 0 bridgehead atoms. The second kappa shape index (κ2) is 19.1. The van der Waals surface area contributed by atoms with Gasteiger partial charge in [0.1, 0.15) is 6.29 Å². The molecule has 264 valence electrons. The predicted octanol–water partition coefficient (Wildman–Crippen LogP) is 9.12. The standard InChI is InChI=1S/C34H31OP2.C11H18P.Fe/c1-34(2,23-24-35)27-25-32(36(28-15-7-3-8-16-28)29-17-9-4-10-18-29)33(26-27)37(30-19-11-5-12-20-30)31-21-13-6-14-22-31;1-9(2)12(10(3)4)11-7-5-6-8-11;/h3-22,24-26H,23H2,1-2H3;5-10H,1-4H3;/q-5;-1;. The summed E-state index contributed by atoms with van der Waals surface area (Å²) >= 11 is 0. The van der Waals surface area contributed by atoms with E-state index in [1.54, 1.807) is 5.30 Å². The number of aldehydes is 1. The molecule has 0 atom stereocenters. The van der Waals surface area contributed by atoms with E-state index in [1.807, 2.05) is 0 Å². The van der Waals surface area contributed by atoms with E-state index in [-0.39, 0.29) is 30.4 Å². The third-order valence-corrected chi connectivity index (χ3v) is 17.1. The average Bonchev–Trinajstić information content (AvgIpc) is 3.79. The van der Waals surface area contributed by atoms with Crippen LogP contribution in [0.4, 0.5) is 0 Å². The minimum atomic E-state index is -0.788. The summed E-state index contributed by atoms with van der Waals surface area (Å²) in [5, 5.41) is 9.70. The van der Waals surface area contributed by atoms with Crippen molar-refractivity contribution in [2.24, 2.45) is 0 Å². The summed E-state index contributed by atoms with van der Waals surface area (Å²) in [5.41, 5.74) is 2.62. The van der Waals surface area contributed by atoms with Crippen molar-refractivity contribution in [1.82, 2.24) is 0 Å². The molecule has 0 heterocycles. The van der Waals surface area contributed by atoms with E-state index in [2.05, 4.69) is 199 Å². The Hall–Kier alpha value is -2.94. The largest absolute Gasteiger partial charge is 0.738 e. The minimum absolute atomic E-state index is 0. The van der Waals surface area contributed by atoms with Gasteiger partial charge in [0.25, 0.3) is 0 Å². The third kappa shape index (κ3) is 9.89. The van der Waals surface area contributed by atoms with Crippen molar-refractivity contribution < 1.29 is 21.9 Å². The van der Waals surface area contributed by atoms with Gasteiger partial charge in [-0.1, -0.05) is 184 Å². The fourth-order valence-corrected chi connectivity index (χ4v) is 14.7. The molecule has 0 spiro atoms. The first kappa shape index (κ1) is 39.8. The summed E-state index contributed by atoms with van der Waals surface area (Å²) in [6.07, 6.45) is 1.56.